The predicted octanol–water partition coefficient (Wildman–Crippen LogP) is 1.71. The Morgan fingerprint density at radius 3 is 2.35 bits per heavy atom. The van der Waals surface area contributed by atoms with Gasteiger partial charge in [-0.2, -0.15) is 0 Å². The maximum absolute atomic E-state index is 13.3. The summed E-state index contributed by atoms with van der Waals surface area (Å²) in [6.45, 7) is -0.539. The van der Waals surface area contributed by atoms with Crippen LogP contribution in [0, 0.1) is 5.82 Å². The van der Waals surface area contributed by atoms with Crippen LogP contribution in [-0.4, -0.2) is 25.0 Å². The molecule has 0 aromatic heterocycles. The molecule has 0 saturated heterocycles. The molecule has 120 valence electrons. The van der Waals surface area contributed by atoms with Crippen molar-refractivity contribution < 1.29 is 23.5 Å². The molecular formula is C16H15FN2O4. The first-order chi connectivity index (χ1) is 11.0. The van der Waals surface area contributed by atoms with E-state index in [0.29, 0.717) is 11.4 Å². The summed E-state index contributed by atoms with van der Waals surface area (Å²) in [6, 6.07) is 12.2. The third-order valence-electron chi connectivity index (χ3n) is 2.71. The highest BCUT2D eigenvalue weighted by atomic mass is 19.1. The van der Waals surface area contributed by atoms with E-state index < -0.39 is 17.6 Å². The molecule has 2 rings (SSSR count). The molecule has 0 radical (unpaired) electrons. The molecule has 2 aromatic rings. The van der Waals surface area contributed by atoms with Crippen LogP contribution in [0.2, 0.25) is 0 Å². The molecule has 0 spiro atoms. The smallest absolute Gasteiger partial charge is 0.262 e. The Balaban J connectivity index is 1.83. The molecule has 3 N–H and O–H groups in total. The summed E-state index contributed by atoms with van der Waals surface area (Å²) in [5.74, 6) is -1.08. The summed E-state index contributed by atoms with van der Waals surface area (Å²) in [5, 5.41) is 2.59. The van der Waals surface area contributed by atoms with Gasteiger partial charge >= 0.3 is 0 Å². The van der Waals surface area contributed by atoms with Gasteiger partial charge in [0.2, 0.25) is 0 Å². The largest absolute Gasteiger partial charge is 0.484 e. The van der Waals surface area contributed by atoms with E-state index in [2.05, 4.69) is 5.32 Å². The highest BCUT2D eigenvalue weighted by molar-refractivity contribution is 5.91. The van der Waals surface area contributed by atoms with Crippen LogP contribution >= 0.6 is 0 Å². The van der Waals surface area contributed by atoms with Crippen molar-refractivity contribution in [3.8, 4) is 11.5 Å². The van der Waals surface area contributed by atoms with Crippen molar-refractivity contribution in [2.24, 2.45) is 5.73 Å². The van der Waals surface area contributed by atoms with Crippen molar-refractivity contribution in [1.82, 2.24) is 0 Å². The zero-order valence-corrected chi connectivity index (χ0v) is 12.1. The second kappa shape index (κ2) is 7.79. The number of hydrogen-bond acceptors (Lipinski definition) is 4. The van der Waals surface area contributed by atoms with Gasteiger partial charge in [-0.15, -0.1) is 0 Å². The number of nitrogens with two attached hydrogens (primary N) is 1. The summed E-state index contributed by atoms with van der Waals surface area (Å²) in [4.78, 5) is 22.3. The minimum Gasteiger partial charge on any atom is -0.484 e. The van der Waals surface area contributed by atoms with Crippen LogP contribution in [0.3, 0.4) is 0 Å². The third-order valence-corrected chi connectivity index (χ3v) is 2.71. The number of anilines is 1. The first kappa shape index (κ1) is 16.3. The molecule has 2 aromatic carbocycles. The number of rotatable bonds is 7. The number of hydrogen-bond donors (Lipinski definition) is 2. The van der Waals surface area contributed by atoms with E-state index in [0.717, 1.165) is 0 Å². The van der Waals surface area contributed by atoms with Crippen LogP contribution in [0.4, 0.5) is 10.1 Å². The van der Waals surface area contributed by atoms with Gasteiger partial charge in [-0.05, 0) is 36.4 Å². The summed E-state index contributed by atoms with van der Waals surface area (Å²) in [5.41, 5.74) is 5.48. The van der Waals surface area contributed by atoms with Gasteiger partial charge in [0.1, 0.15) is 5.75 Å². The maximum Gasteiger partial charge on any atom is 0.262 e. The van der Waals surface area contributed by atoms with Gasteiger partial charge in [0, 0.05) is 5.69 Å². The number of nitrogens with one attached hydrogen (secondary N) is 1. The Morgan fingerprint density at radius 2 is 1.70 bits per heavy atom. The molecule has 0 fully saturated rings. The van der Waals surface area contributed by atoms with Gasteiger partial charge < -0.3 is 20.5 Å². The van der Waals surface area contributed by atoms with E-state index in [1.165, 1.54) is 18.2 Å². The van der Waals surface area contributed by atoms with E-state index in [4.69, 9.17) is 15.2 Å². The number of carbonyl (C=O) groups excluding carboxylic acids is 2. The molecule has 0 atom stereocenters. The molecular weight excluding hydrogens is 303 g/mol. The summed E-state index contributed by atoms with van der Waals surface area (Å²) in [7, 11) is 0. The molecule has 0 heterocycles. The number of ether oxygens (including phenoxy) is 2. The van der Waals surface area contributed by atoms with Crippen LogP contribution in [0.1, 0.15) is 0 Å². The van der Waals surface area contributed by atoms with Crippen LogP contribution in [0.25, 0.3) is 0 Å². The quantitative estimate of drug-likeness (QED) is 0.813. The summed E-state index contributed by atoms with van der Waals surface area (Å²) in [6.07, 6.45) is 0. The standard InChI is InChI=1S/C16H15FN2O4/c17-13-3-1-2-4-14(13)23-10-16(21)19-11-5-7-12(8-6-11)22-9-15(18)20/h1-8H,9-10H2,(H2,18,20)(H,19,21). The van der Waals surface area contributed by atoms with E-state index >= 15 is 0 Å². The van der Waals surface area contributed by atoms with Crippen molar-refractivity contribution in [2.75, 3.05) is 18.5 Å². The fourth-order valence-electron chi connectivity index (χ4n) is 1.69. The Hall–Kier alpha value is -3.09. The number of carbonyl (C=O) groups is 2. The van der Waals surface area contributed by atoms with Gasteiger partial charge in [-0.3, -0.25) is 9.59 Å². The lowest BCUT2D eigenvalue weighted by Gasteiger charge is -2.09. The van der Waals surface area contributed by atoms with Crippen molar-refractivity contribution >= 4 is 17.5 Å². The Labute approximate surface area is 132 Å². The van der Waals surface area contributed by atoms with Crippen molar-refractivity contribution in [3.05, 3.63) is 54.3 Å². The van der Waals surface area contributed by atoms with Crippen molar-refractivity contribution in [1.29, 1.82) is 0 Å². The molecule has 0 aliphatic rings. The lowest BCUT2D eigenvalue weighted by molar-refractivity contribution is -0.120. The maximum atomic E-state index is 13.3. The lowest BCUT2D eigenvalue weighted by atomic mass is 10.3. The van der Waals surface area contributed by atoms with Crippen LogP contribution in [0.5, 0.6) is 11.5 Å². The fraction of sp³-hybridized carbons (Fsp3) is 0.125. The second-order valence-corrected chi connectivity index (χ2v) is 4.55. The van der Waals surface area contributed by atoms with Crippen LogP contribution in [0.15, 0.2) is 48.5 Å². The van der Waals surface area contributed by atoms with Gasteiger partial charge in [0.15, 0.2) is 24.8 Å². The topological polar surface area (TPSA) is 90.7 Å². The van der Waals surface area contributed by atoms with Crippen LogP contribution in [-0.2, 0) is 9.59 Å². The average molecular weight is 318 g/mol. The van der Waals surface area contributed by atoms with E-state index in [1.54, 1.807) is 30.3 Å². The molecule has 23 heavy (non-hydrogen) atoms. The Kier molecular flexibility index (Phi) is 5.51. The fourth-order valence-corrected chi connectivity index (χ4v) is 1.69. The monoisotopic (exact) mass is 318 g/mol. The number of amides is 2. The first-order valence-electron chi connectivity index (χ1n) is 6.73. The minimum atomic E-state index is -0.576. The zero-order chi connectivity index (χ0) is 16.7. The molecule has 7 heteroatoms. The molecule has 0 unspecified atom stereocenters. The molecule has 0 aliphatic carbocycles. The van der Waals surface area contributed by atoms with Gasteiger partial charge in [-0.25, -0.2) is 4.39 Å². The normalized spacial score (nSPS) is 9.96. The number of para-hydroxylation sites is 1. The summed E-state index contributed by atoms with van der Waals surface area (Å²) >= 11 is 0. The highest BCUT2D eigenvalue weighted by Crippen LogP contribution is 2.17. The van der Waals surface area contributed by atoms with E-state index in [-0.39, 0.29) is 19.0 Å². The summed E-state index contributed by atoms with van der Waals surface area (Å²) < 4.78 is 23.5. The predicted molar refractivity (Wildman–Crippen MR) is 81.7 cm³/mol. The highest BCUT2D eigenvalue weighted by Gasteiger charge is 2.07. The molecule has 2 amide bonds. The van der Waals surface area contributed by atoms with Crippen LogP contribution < -0.4 is 20.5 Å². The SMILES string of the molecule is NC(=O)COc1ccc(NC(=O)COc2ccccc2F)cc1. The number of halogens is 1. The first-order valence-corrected chi connectivity index (χ1v) is 6.73. The van der Waals surface area contributed by atoms with Crippen molar-refractivity contribution in [2.45, 2.75) is 0 Å². The molecule has 0 bridgehead atoms. The van der Waals surface area contributed by atoms with Gasteiger partial charge in [0.05, 0.1) is 0 Å². The molecule has 6 nitrogen and oxygen atoms in total. The van der Waals surface area contributed by atoms with Crippen molar-refractivity contribution in [3.63, 3.8) is 0 Å². The Morgan fingerprint density at radius 1 is 1.00 bits per heavy atom. The zero-order valence-electron chi connectivity index (χ0n) is 12.1. The number of primary amides is 1. The number of benzene rings is 2. The van der Waals surface area contributed by atoms with Gasteiger partial charge in [-0.1, -0.05) is 12.1 Å². The average Bonchev–Trinajstić information content (AvgIpc) is 2.53. The Bertz CT molecular complexity index is 689. The second-order valence-electron chi connectivity index (χ2n) is 4.55. The van der Waals surface area contributed by atoms with E-state index in [1.807, 2.05) is 0 Å². The lowest BCUT2D eigenvalue weighted by Crippen LogP contribution is -2.21. The van der Waals surface area contributed by atoms with E-state index in [9.17, 15) is 14.0 Å². The van der Waals surface area contributed by atoms with Gasteiger partial charge in [0.25, 0.3) is 11.8 Å². The minimum absolute atomic E-state index is 0.0119. The molecule has 0 aliphatic heterocycles. The molecule has 0 saturated carbocycles. The third kappa shape index (κ3) is 5.31.